The number of hydrogen-bond acceptors (Lipinski definition) is 4. The number of benzene rings is 2. The molecule has 6 heteroatoms. The molecule has 5 nitrogen and oxygen atoms in total. The van der Waals surface area contributed by atoms with Crippen LogP contribution in [0.4, 0.5) is 5.95 Å². The Morgan fingerprint density at radius 3 is 2.59 bits per heavy atom. The third-order valence-corrected chi connectivity index (χ3v) is 3.86. The van der Waals surface area contributed by atoms with Gasteiger partial charge in [-0.05, 0) is 25.1 Å². The Balaban J connectivity index is 1.96. The molecule has 0 unspecified atom stereocenters. The molecule has 0 bridgehead atoms. The van der Waals surface area contributed by atoms with Gasteiger partial charge in [0.05, 0.1) is 11.4 Å². The largest absolute Gasteiger partial charge is 0.264 e. The second kappa shape index (κ2) is 4.96. The second-order valence-electron chi connectivity index (χ2n) is 5.00. The number of nitrogens with zero attached hydrogens (tertiary/aromatic N) is 4. The van der Waals surface area contributed by atoms with Crippen LogP contribution >= 0.6 is 11.6 Å². The number of hydrogen-bond donors (Lipinski definition) is 1. The predicted molar refractivity (Wildman–Crippen MR) is 86.8 cm³/mol. The Morgan fingerprint density at radius 1 is 1.00 bits per heavy atom. The second-order valence-corrected chi connectivity index (χ2v) is 5.44. The van der Waals surface area contributed by atoms with Crippen molar-refractivity contribution in [3.63, 3.8) is 0 Å². The predicted octanol–water partition coefficient (Wildman–Crippen LogP) is 3.41. The van der Waals surface area contributed by atoms with E-state index in [-0.39, 0.29) is 0 Å². The van der Waals surface area contributed by atoms with E-state index in [2.05, 4.69) is 20.7 Å². The fourth-order valence-corrected chi connectivity index (χ4v) is 2.71. The Bertz CT molecular complexity index is 880. The molecule has 1 aromatic heterocycles. The van der Waals surface area contributed by atoms with Gasteiger partial charge in [0.2, 0.25) is 5.95 Å². The third-order valence-electron chi connectivity index (χ3n) is 3.61. The summed E-state index contributed by atoms with van der Waals surface area (Å²) in [6.45, 7) is 1.92. The summed E-state index contributed by atoms with van der Waals surface area (Å²) in [6.07, 6.45) is 0. The van der Waals surface area contributed by atoms with Crippen molar-refractivity contribution in [2.24, 2.45) is 5.10 Å². The van der Waals surface area contributed by atoms with Gasteiger partial charge in [0.1, 0.15) is 5.82 Å². The van der Waals surface area contributed by atoms with Crippen LogP contribution < -0.4 is 5.43 Å². The normalized spacial score (nSPS) is 12.7. The van der Waals surface area contributed by atoms with E-state index >= 15 is 0 Å². The van der Waals surface area contributed by atoms with Gasteiger partial charge >= 0.3 is 0 Å². The lowest BCUT2D eigenvalue weighted by Gasteiger charge is -2.11. The molecule has 1 N–H and O–H groups in total. The first-order valence-electron chi connectivity index (χ1n) is 6.85. The van der Waals surface area contributed by atoms with Gasteiger partial charge < -0.3 is 0 Å². The average molecular weight is 310 g/mol. The molecule has 0 amide bonds. The number of aryl methyl sites for hydroxylation is 1. The van der Waals surface area contributed by atoms with Crippen molar-refractivity contribution in [2.75, 3.05) is 5.43 Å². The minimum atomic E-state index is 0.605. The Morgan fingerprint density at radius 2 is 1.77 bits per heavy atom. The molecule has 2 aromatic carbocycles. The summed E-state index contributed by atoms with van der Waals surface area (Å²) in [7, 11) is 0. The molecule has 0 saturated heterocycles. The maximum Gasteiger partial charge on any atom is 0.249 e. The molecule has 4 rings (SSSR count). The van der Waals surface area contributed by atoms with Gasteiger partial charge in [-0.15, -0.1) is 10.2 Å². The Kier molecular flexibility index (Phi) is 2.94. The molecule has 0 fully saturated rings. The first-order valence-corrected chi connectivity index (χ1v) is 7.23. The first-order chi connectivity index (χ1) is 10.7. The number of anilines is 1. The molecule has 0 saturated carbocycles. The van der Waals surface area contributed by atoms with Gasteiger partial charge in [0.25, 0.3) is 0 Å². The fraction of sp³-hybridized carbons (Fsp3) is 0.0625. The number of nitrogens with one attached hydrogen (secondary N) is 1. The third kappa shape index (κ3) is 1.98. The highest BCUT2D eigenvalue weighted by atomic mass is 35.5. The van der Waals surface area contributed by atoms with Crippen LogP contribution in [0, 0.1) is 6.92 Å². The molecule has 108 valence electrons. The summed E-state index contributed by atoms with van der Waals surface area (Å²) in [5, 5.41) is 13.5. The monoisotopic (exact) mass is 309 g/mol. The van der Waals surface area contributed by atoms with Crippen LogP contribution in [-0.2, 0) is 0 Å². The summed E-state index contributed by atoms with van der Waals surface area (Å²) in [6, 6.07) is 15.7. The number of rotatable bonds is 1. The van der Waals surface area contributed by atoms with Crippen LogP contribution in [0.2, 0.25) is 5.02 Å². The Hall–Kier alpha value is -2.66. The number of halogens is 1. The molecular weight excluding hydrogens is 298 g/mol. The van der Waals surface area contributed by atoms with E-state index in [0.29, 0.717) is 11.0 Å². The lowest BCUT2D eigenvalue weighted by molar-refractivity contribution is 0.970. The number of hydrazone groups is 1. The lowest BCUT2D eigenvalue weighted by Crippen LogP contribution is -2.07. The molecule has 0 radical (unpaired) electrons. The molecular formula is C16H12ClN5. The van der Waals surface area contributed by atoms with E-state index in [4.69, 9.17) is 11.6 Å². The first kappa shape index (κ1) is 13.0. The molecule has 0 spiro atoms. The van der Waals surface area contributed by atoms with Crippen LogP contribution in [-0.4, -0.2) is 20.5 Å². The average Bonchev–Trinajstić information content (AvgIpc) is 2.82. The molecule has 1 aliphatic rings. The van der Waals surface area contributed by atoms with Gasteiger partial charge in [0, 0.05) is 16.1 Å². The molecule has 3 aromatic rings. The van der Waals surface area contributed by atoms with E-state index in [0.717, 1.165) is 28.4 Å². The molecule has 0 aliphatic carbocycles. The van der Waals surface area contributed by atoms with Crippen molar-refractivity contribution in [3.05, 3.63) is 70.5 Å². The Labute approximate surface area is 132 Å². The van der Waals surface area contributed by atoms with E-state index in [1.54, 1.807) is 0 Å². The summed E-state index contributed by atoms with van der Waals surface area (Å²) in [5.41, 5.74) is 6.84. The maximum absolute atomic E-state index is 5.98. The maximum atomic E-state index is 5.98. The molecule has 0 atom stereocenters. The van der Waals surface area contributed by atoms with Crippen molar-refractivity contribution in [3.8, 4) is 5.69 Å². The zero-order valence-corrected chi connectivity index (χ0v) is 12.5. The standard InChI is InChI=1S/C16H12ClN5/c1-10-18-20-16-21-19-15(11-6-8-12(17)9-7-11)13-4-2-3-5-14(13)22(10)16/h2-9H,1H3,(H,20,21). The highest BCUT2D eigenvalue weighted by molar-refractivity contribution is 6.30. The molecule has 1 aliphatic heterocycles. The number of aromatic nitrogens is 3. The van der Waals surface area contributed by atoms with Gasteiger partial charge in [-0.2, -0.15) is 5.10 Å². The highest BCUT2D eigenvalue weighted by Crippen LogP contribution is 2.26. The van der Waals surface area contributed by atoms with Crippen molar-refractivity contribution < 1.29 is 0 Å². The van der Waals surface area contributed by atoms with E-state index in [1.807, 2.05) is 60.0 Å². The van der Waals surface area contributed by atoms with Crippen LogP contribution in [0.1, 0.15) is 17.0 Å². The van der Waals surface area contributed by atoms with Crippen molar-refractivity contribution in [1.82, 2.24) is 14.8 Å². The topological polar surface area (TPSA) is 55.1 Å². The fourth-order valence-electron chi connectivity index (χ4n) is 2.59. The van der Waals surface area contributed by atoms with Crippen molar-refractivity contribution in [1.29, 1.82) is 0 Å². The van der Waals surface area contributed by atoms with Gasteiger partial charge in [0.15, 0.2) is 0 Å². The minimum Gasteiger partial charge on any atom is -0.264 e. The number of para-hydroxylation sites is 1. The quantitative estimate of drug-likeness (QED) is 0.749. The zero-order chi connectivity index (χ0) is 15.1. The van der Waals surface area contributed by atoms with Gasteiger partial charge in [-0.1, -0.05) is 41.9 Å². The van der Waals surface area contributed by atoms with Gasteiger partial charge in [-0.25, -0.2) is 5.43 Å². The van der Waals surface area contributed by atoms with Crippen molar-refractivity contribution >= 4 is 23.3 Å². The van der Waals surface area contributed by atoms with Crippen LogP contribution in [0.15, 0.2) is 53.6 Å². The van der Waals surface area contributed by atoms with Crippen molar-refractivity contribution in [2.45, 2.75) is 6.92 Å². The number of fused-ring (bicyclic) bond motifs is 3. The highest BCUT2D eigenvalue weighted by Gasteiger charge is 2.21. The van der Waals surface area contributed by atoms with Gasteiger partial charge in [-0.3, -0.25) is 4.57 Å². The van der Waals surface area contributed by atoms with E-state index < -0.39 is 0 Å². The molecule has 2 heterocycles. The summed E-state index contributed by atoms with van der Waals surface area (Å²) >= 11 is 5.98. The van der Waals surface area contributed by atoms with Crippen LogP contribution in [0.25, 0.3) is 5.69 Å². The minimum absolute atomic E-state index is 0.605. The summed E-state index contributed by atoms with van der Waals surface area (Å²) < 4.78 is 1.96. The summed E-state index contributed by atoms with van der Waals surface area (Å²) in [5.74, 6) is 1.41. The van der Waals surface area contributed by atoms with E-state index in [9.17, 15) is 0 Å². The summed E-state index contributed by atoms with van der Waals surface area (Å²) in [4.78, 5) is 0. The zero-order valence-electron chi connectivity index (χ0n) is 11.8. The SMILES string of the molecule is Cc1nnc2n1-c1ccccc1C(c1ccc(Cl)cc1)=NN2. The van der Waals surface area contributed by atoms with Crippen LogP contribution in [0.5, 0.6) is 0 Å². The smallest absolute Gasteiger partial charge is 0.249 e. The molecule has 22 heavy (non-hydrogen) atoms. The lowest BCUT2D eigenvalue weighted by atomic mass is 10.0. The van der Waals surface area contributed by atoms with E-state index in [1.165, 1.54) is 0 Å². The van der Waals surface area contributed by atoms with Crippen LogP contribution in [0.3, 0.4) is 0 Å².